The van der Waals surface area contributed by atoms with Gasteiger partial charge in [0.2, 0.25) is 11.9 Å². The first kappa shape index (κ1) is 11.4. The number of rotatable bonds is 2. The molecule has 19 heavy (non-hydrogen) atoms. The van der Waals surface area contributed by atoms with Crippen LogP contribution in [0.5, 0.6) is 0 Å². The zero-order chi connectivity index (χ0) is 13.4. The zero-order valence-electron chi connectivity index (χ0n) is 9.87. The number of imidazole rings is 1. The van der Waals surface area contributed by atoms with Crippen LogP contribution in [0.2, 0.25) is 0 Å². The van der Waals surface area contributed by atoms with Crippen LogP contribution >= 0.6 is 0 Å². The number of nitrogens with zero attached hydrogens (tertiary/aromatic N) is 3. The van der Waals surface area contributed by atoms with Crippen molar-refractivity contribution in [2.45, 2.75) is 6.42 Å². The summed E-state index contributed by atoms with van der Waals surface area (Å²) in [6.45, 7) is 0.273. The fraction of sp³-hybridized carbons (Fsp3) is 0.167. The Morgan fingerprint density at radius 3 is 2.89 bits per heavy atom. The van der Waals surface area contributed by atoms with E-state index < -0.39 is 6.03 Å². The maximum atomic E-state index is 11.8. The third-order valence-electron chi connectivity index (χ3n) is 2.96. The molecule has 3 amide bonds. The fourth-order valence-corrected chi connectivity index (χ4v) is 2.02. The van der Waals surface area contributed by atoms with Crippen molar-refractivity contribution in [1.29, 1.82) is 0 Å². The summed E-state index contributed by atoms with van der Waals surface area (Å²) in [5.41, 5.74) is 1.26. The van der Waals surface area contributed by atoms with E-state index in [1.54, 1.807) is 28.9 Å². The van der Waals surface area contributed by atoms with Crippen molar-refractivity contribution < 1.29 is 14.4 Å². The van der Waals surface area contributed by atoms with Gasteiger partial charge in [0.05, 0.1) is 11.7 Å². The van der Waals surface area contributed by atoms with E-state index in [0.29, 0.717) is 11.5 Å². The summed E-state index contributed by atoms with van der Waals surface area (Å²) in [5.74, 6) is 0.0967. The molecule has 0 bridgehead atoms. The molecular weight excluding hydrogens is 248 g/mol. The van der Waals surface area contributed by atoms with Gasteiger partial charge in [0.15, 0.2) is 6.29 Å². The number of anilines is 1. The van der Waals surface area contributed by atoms with Gasteiger partial charge in [-0.05, 0) is 12.1 Å². The predicted octanol–water partition coefficient (Wildman–Crippen LogP) is 0.593. The van der Waals surface area contributed by atoms with Gasteiger partial charge in [-0.15, -0.1) is 0 Å². The van der Waals surface area contributed by atoms with Crippen molar-refractivity contribution in [3.05, 3.63) is 30.1 Å². The van der Waals surface area contributed by atoms with E-state index in [4.69, 9.17) is 0 Å². The van der Waals surface area contributed by atoms with Crippen molar-refractivity contribution in [3.63, 3.8) is 0 Å². The van der Waals surface area contributed by atoms with Crippen LogP contribution < -0.4 is 10.2 Å². The second kappa shape index (κ2) is 4.20. The van der Waals surface area contributed by atoms with Crippen LogP contribution in [-0.4, -0.2) is 34.2 Å². The third-order valence-corrected chi connectivity index (χ3v) is 2.96. The largest absolute Gasteiger partial charge is 0.330 e. The monoisotopic (exact) mass is 258 g/mol. The molecule has 0 aromatic carbocycles. The molecule has 2 aromatic heterocycles. The number of aromatic nitrogens is 2. The van der Waals surface area contributed by atoms with Crippen molar-refractivity contribution in [2.24, 2.45) is 0 Å². The van der Waals surface area contributed by atoms with Crippen molar-refractivity contribution >= 4 is 29.7 Å². The molecule has 0 aliphatic carbocycles. The molecular formula is C12H10N4O3. The van der Waals surface area contributed by atoms with E-state index in [1.165, 1.54) is 4.90 Å². The third kappa shape index (κ3) is 1.85. The van der Waals surface area contributed by atoms with E-state index in [9.17, 15) is 14.4 Å². The van der Waals surface area contributed by atoms with Crippen LogP contribution in [0.1, 0.15) is 16.8 Å². The van der Waals surface area contributed by atoms with E-state index in [1.807, 2.05) is 0 Å². The predicted molar refractivity (Wildman–Crippen MR) is 66.1 cm³/mol. The summed E-state index contributed by atoms with van der Waals surface area (Å²) in [5, 5.41) is 2.24. The molecule has 1 N–H and O–H groups in total. The lowest BCUT2D eigenvalue weighted by Gasteiger charge is -2.24. The first-order chi connectivity index (χ1) is 9.19. The topological polar surface area (TPSA) is 83.8 Å². The number of hydrogen-bond acceptors (Lipinski definition) is 4. The molecule has 2 aromatic rings. The molecule has 0 radical (unpaired) electrons. The normalized spacial score (nSPS) is 15.7. The second-order valence-electron chi connectivity index (χ2n) is 4.19. The number of fused-ring (bicyclic) bond motifs is 1. The van der Waals surface area contributed by atoms with Crippen LogP contribution in [0, 0.1) is 0 Å². The number of amides is 3. The highest BCUT2D eigenvalue weighted by Gasteiger charge is 2.27. The van der Waals surface area contributed by atoms with Gasteiger partial charge in [-0.3, -0.25) is 24.2 Å². The minimum absolute atomic E-state index is 0.230. The average Bonchev–Trinajstić information content (AvgIpc) is 2.81. The molecule has 3 rings (SSSR count). The van der Waals surface area contributed by atoms with Gasteiger partial charge in [0, 0.05) is 24.7 Å². The fourth-order valence-electron chi connectivity index (χ4n) is 2.02. The van der Waals surface area contributed by atoms with E-state index >= 15 is 0 Å². The van der Waals surface area contributed by atoms with Crippen LogP contribution in [0.3, 0.4) is 0 Å². The summed E-state index contributed by atoms with van der Waals surface area (Å²) in [6, 6.07) is 2.92. The molecule has 0 spiro atoms. The molecule has 1 fully saturated rings. The quantitative estimate of drug-likeness (QED) is 0.799. The minimum Gasteiger partial charge on any atom is -0.298 e. The van der Waals surface area contributed by atoms with Gasteiger partial charge in [-0.25, -0.2) is 9.78 Å². The van der Waals surface area contributed by atoms with Crippen LogP contribution in [0.4, 0.5) is 10.7 Å². The number of urea groups is 1. The molecule has 7 heteroatoms. The highest BCUT2D eigenvalue weighted by molar-refractivity contribution is 6.05. The number of pyridine rings is 1. The summed E-state index contributed by atoms with van der Waals surface area (Å²) >= 11 is 0. The number of imide groups is 1. The summed E-state index contributed by atoms with van der Waals surface area (Å²) in [7, 11) is 0. The summed E-state index contributed by atoms with van der Waals surface area (Å²) in [6.07, 6.45) is 4.17. The highest BCUT2D eigenvalue weighted by Crippen LogP contribution is 2.18. The smallest absolute Gasteiger partial charge is 0.298 e. The number of hydrogen-bond donors (Lipinski definition) is 1. The number of aldehydes is 1. The Labute approximate surface area is 107 Å². The van der Waals surface area contributed by atoms with Crippen LogP contribution in [0.25, 0.3) is 5.52 Å². The molecule has 96 valence electrons. The van der Waals surface area contributed by atoms with Gasteiger partial charge in [-0.2, -0.15) is 0 Å². The molecule has 0 saturated carbocycles. The Morgan fingerprint density at radius 1 is 1.32 bits per heavy atom. The van der Waals surface area contributed by atoms with Crippen molar-refractivity contribution in [3.8, 4) is 0 Å². The lowest BCUT2D eigenvalue weighted by Crippen LogP contribution is -2.50. The van der Waals surface area contributed by atoms with Crippen molar-refractivity contribution in [1.82, 2.24) is 14.7 Å². The first-order valence-corrected chi connectivity index (χ1v) is 5.72. The number of nitrogens with one attached hydrogen (secondary N) is 1. The van der Waals surface area contributed by atoms with Crippen LogP contribution in [0.15, 0.2) is 24.5 Å². The molecule has 0 atom stereocenters. The summed E-state index contributed by atoms with van der Waals surface area (Å²) < 4.78 is 1.65. The number of carbonyl (C=O) groups excluding carboxylic acids is 3. The Bertz CT molecular complexity index is 691. The average molecular weight is 258 g/mol. The van der Waals surface area contributed by atoms with Crippen molar-refractivity contribution in [2.75, 3.05) is 11.4 Å². The van der Waals surface area contributed by atoms with Gasteiger partial charge in [0.25, 0.3) is 0 Å². The molecule has 1 saturated heterocycles. The molecule has 3 heterocycles. The maximum Gasteiger partial charge on any atom is 0.330 e. The zero-order valence-corrected chi connectivity index (χ0v) is 9.87. The Kier molecular flexibility index (Phi) is 2.52. The Hall–Kier alpha value is -2.70. The molecule has 1 aliphatic rings. The van der Waals surface area contributed by atoms with E-state index in [0.717, 1.165) is 11.8 Å². The first-order valence-electron chi connectivity index (χ1n) is 5.72. The lowest BCUT2D eigenvalue weighted by atomic mass is 10.3. The Morgan fingerprint density at radius 2 is 2.16 bits per heavy atom. The van der Waals surface area contributed by atoms with Gasteiger partial charge in [0.1, 0.15) is 0 Å². The van der Waals surface area contributed by atoms with Gasteiger partial charge >= 0.3 is 6.03 Å². The SMILES string of the molecule is O=Cc1ccc2cnc(N3CCC(=O)NC3=O)n2c1. The second-order valence-corrected chi connectivity index (χ2v) is 4.19. The van der Waals surface area contributed by atoms with Gasteiger partial charge in [-0.1, -0.05) is 0 Å². The highest BCUT2D eigenvalue weighted by atomic mass is 16.2. The standard InChI is InChI=1S/C12H10N4O3/c17-7-8-1-2-9-5-13-11(16(9)6-8)15-4-3-10(18)14-12(15)19/h1-2,5-7H,3-4H2,(H,14,18,19). The molecule has 0 unspecified atom stereocenters. The van der Waals surface area contributed by atoms with E-state index in [-0.39, 0.29) is 18.9 Å². The number of carbonyl (C=O) groups is 3. The maximum absolute atomic E-state index is 11.8. The Balaban J connectivity index is 2.07. The molecule has 1 aliphatic heterocycles. The van der Waals surface area contributed by atoms with E-state index in [2.05, 4.69) is 10.3 Å². The summed E-state index contributed by atoms with van der Waals surface area (Å²) in [4.78, 5) is 39.2. The lowest BCUT2D eigenvalue weighted by molar-refractivity contribution is -0.120. The molecule has 7 nitrogen and oxygen atoms in total. The van der Waals surface area contributed by atoms with Gasteiger partial charge < -0.3 is 0 Å². The van der Waals surface area contributed by atoms with Crippen LogP contribution in [-0.2, 0) is 4.79 Å². The minimum atomic E-state index is -0.500.